The van der Waals surface area contributed by atoms with E-state index in [1.165, 1.54) is 33.0 Å². The van der Waals surface area contributed by atoms with Gasteiger partial charge in [-0.05, 0) is 45.2 Å². The topological polar surface area (TPSA) is 0 Å². The highest BCUT2D eigenvalue weighted by Crippen LogP contribution is 2.51. The van der Waals surface area contributed by atoms with Crippen LogP contribution in [0.25, 0.3) is 21.9 Å². The van der Waals surface area contributed by atoms with Gasteiger partial charge in [0.2, 0.25) is 0 Å². The van der Waals surface area contributed by atoms with E-state index in [-0.39, 0.29) is 5.41 Å². The minimum atomic E-state index is 0.0320. The number of fused-ring (bicyclic) bond motifs is 5. The van der Waals surface area contributed by atoms with Gasteiger partial charge in [0, 0.05) is 10.3 Å². The molecular weight excluding hydrogens is 260 g/mol. The number of rotatable bonds is 0. The fraction of sp³-hybridized carbons (Fsp3) is 0.158. The van der Waals surface area contributed by atoms with Crippen molar-refractivity contribution in [3.63, 3.8) is 0 Å². The van der Waals surface area contributed by atoms with Crippen LogP contribution in [-0.4, -0.2) is 0 Å². The highest BCUT2D eigenvalue weighted by Gasteiger charge is 2.36. The van der Waals surface area contributed by atoms with E-state index in [1.807, 2.05) is 0 Å². The maximum atomic E-state index is 4.51. The SMILES string of the molecule is CC1(C)c2cc(S)ccc2-c2ccc3ccccc3c21. The van der Waals surface area contributed by atoms with Crippen LogP contribution in [0.3, 0.4) is 0 Å². The zero-order valence-electron chi connectivity index (χ0n) is 11.6. The molecule has 0 fully saturated rings. The molecule has 0 nitrogen and oxygen atoms in total. The zero-order chi connectivity index (χ0) is 13.9. The third-order valence-electron chi connectivity index (χ3n) is 4.52. The molecule has 0 atom stereocenters. The molecule has 20 heavy (non-hydrogen) atoms. The molecular formula is C19H16S. The number of thiol groups is 1. The van der Waals surface area contributed by atoms with Gasteiger partial charge in [0.15, 0.2) is 0 Å². The van der Waals surface area contributed by atoms with Crippen molar-refractivity contribution in [3.05, 3.63) is 65.7 Å². The van der Waals surface area contributed by atoms with E-state index in [2.05, 4.69) is 81.1 Å². The van der Waals surface area contributed by atoms with Crippen LogP contribution in [0.1, 0.15) is 25.0 Å². The van der Waals surface area contributed by atoms with Crippen LogP contribution in [0.4, 0.5) is 0 Å². The van der Waals surface area contributed by atoms with E-state index < -0.39 is 0 Å². The maximum absolute atomic E-state index is 4.51. The summed E-state index contributed by atoms with van der Waals surface area (Å²) < 4.78 is 0. The van der Waals surface area contributed by atoms with Crippen molar-refractivity contribution in [3.8, 4) is 11.1 Å². The Morgan fingerprint density at radius 1 is 0.850 bits per heavy atom. The molecule has 0 aromatic heterocycles. The van der Waals surface area contributed by atoms with Gasteiger partial charge in [0.25, 0.3) is 0 Å². The van der Waals surface area contributed by atoms with Gasteiger partial charge in [-0.25, -0.2) is 0 Å². The molecule has 1 aliphatic carbocycles. The van der Waals surface area contributed by atoms with E-state index >= 15 is 0 Å². The summed E-state index contributed by atoms with van der Waals surface area (Å²) in [6, 6.07) is 19.7. The van der Waals surface area contributed by atoms with Crippen molar-refractivity contribution < 1.29 is 0 Å². The summed E-state index contributed by atoms with van der Waals surface area (Å²) in [6.07, 6.45) is 0. The van der Waals surface area contributed by atoms with Gasteiger partial charge in [-0.1, -0.05) is 56.3 Å². The second kappa shape index (κ2) is 3.89. The molecule has 0 N–H and O–H groups in total. The number of benzene rings is 3. The Hall–Kier alpha value is -1.73. The molecule has 3 aromatic carbocycles. The molecule has 0 bridgehead atoms. The highest BCUT2D eigenvalue weighted by molar-refractivity contribution is 7.80. The Morgan fingerprint density at radius 3 is 2.45 bits per heavy atom. The van der Waals surface area contributed by atoms with E-state index in [0.717, 1.165) is 4.90 Å². The second-order valence-corrected chi connectivity index (χ2v) is 6.58. The van der Waals surface area contributed by atoms with Crippen molar-refractivity contribution in [1.82, 2.24) is 0 Å². The monoisotopic (exact) mass is 276 g/mol. The minimum absolute atomic E-state index is 0.0320. The highest BCUT2D eigenvalue weighted by atomic mass is 32.1. The largest absolute Gasteiger partial charge is 0.143 e. The number of hydrogen-bond donors (Lipinski definition) is 1. The summed E-state index contributed by atoms with van der Waals surface area (Å²) in [4.78, 5) is 1.04. The maximum Gasteiger partial charge on any atom is 0.0165 e. The Bertz CT molecular complexity index is 844. The summed E-state index contributed by atoms with van der Waals surface area (Å²) in [5.74, 6) is 0. The lowest BCUT2D eigenvalue weighted by molar-refractivity contribution is 0.664. The van der Waals surface area contributed by atoms with Gasteiger partial charge in [-0.2, -0.15) is 0 Å². The van der Waals surface area contributed by atoms with Crippen molar-refractivity contribution in [2.45, 2.75) is 24.2 Å². The Labute approximate surface area is 124 Å². The lowest BCUT2D eigenvalue weighted by Crippen LogP contribution is -2.15. The summed E-state index contributed by atoms with van der Waals surface area (Å²) in [7, 11) is 0. The van der Waals surface area contributed by atoms with Crippen LogP contribution in [0.15, 0.2) is 59.5 Å². The van der Waals surface area contributed by atoms with Gasteiger partial charge >= 0.3 is 0 Å². The smallest absolute Gasteiger partial charge is 0.0165 e. The molecule has 4 rings (SSSR count). The molecule has 0 heterocycles. The number of hydrogen-bond acceptors (Lipinski definition) is 1. The van der Waals surface area contributed by atoms with Crippen LogP contribution in [0.5, 0.6) is 0 Å². The Morgan fingerprint density at radius 2 is 1.60 bits per heavy atom. The Kier molecular flexibility index (Phi) is 2.34. The standard InChI is InChI=1S/C19H16S/c1-19(2)17-11-13(20)8-10-15(17)16-9-7-12-5-3-4-6-14(12)18(16)19/h3-11,20H,1-2H3. The molecule has 0 radical (unpaired) electrons. The molecule has 0 amide bonds. The predicted octanol–water partition coefficient (Wildman–Crippen LogP) is 5.43. The average molecular weight is 276 g/mol. The van der Waals surface area contributed by atoms with Gasteiger partial charge in [0.05, 0.1) is 0 Å². The van der Waals surface area contributed by atoms with E-state index in [9.17, 15) is 0 Å². The van der Waals surface area contributed by atoms with Crippen molar-refractivity contribution >= 4 is 23.4 Å². The third kappa shape index (κ3) is 1.44. The first-order valence-electron chi connectivity index (χ1n) is 6.95. The molecule has 0 aliphatic heterocycles. The summed E-state index contributed by atoms with van der Waals surface area (Å²) in [5.41, 5.74) is 5.59. The summed E-state index contributed by atoms with van der Waals surface area (Å²) >= 11 is 4.51. The van der Waals surface area contributed by atoms with Gasteiger partial charge in [0.1, 0.15) is 0 Å². The van der Waals surface area contributed by atoms with Gasteiger partial charge in [-0.15, -0.1) is 12.6 Å². The van der Waals surface area contributed by atoms with Crippen LogP contribution >= 0.6 is 12.6 Å². The molecule has 1 aliphatic rings. The van der Waals surface area contributed by atoms with E-state index in [4.69, 9.17) is 0 Å². The molecule has 0 unspecified atom stereocenters. The lowest BCUT2D eigenvalue weighted by atomic mass is 9.80. The second-order valence-electron chi connectivity index (χ2n) is 6.06. The molecule has 0 saturated carbocycles. The van der Waals surface area contributed by atoms with Gasteiger partial charge in [-0.3, -0.25) is 0 Å². The quantitative estimate of drug-likeness (QED) is 0.520. The first-order valence-corrected chi connectivity index (χ1v) is 7.40. The first kappa shape index (κ1) is 12.0. The fourth-order valence-electron chi connectivity index (χ4n) is 3.59. The average Bonchev–Trinajstić information content (AvgIpc) is 2.67. The summed E-state index contributed by atoms with van der Waals surface area (Å²) in [5, 5.41) is 2.69. The Balaban J connectivity index is 2.17. The summed E-state index contributed by atoms with van der Waals surface area (Å²) in [6.45, 7) is 4.63. The fourth-order valence-corrected chi connectivity index (χ4v) is 3.79. The van der Waals surface area contributed by atoms with Crippen LogP contribution in [0, 0.1) is 0 Å². The van der Waals surface area contributed by atoms with Crippen LogP contribution in [-0.2, 0) is 5.41 Å². The molecule has 3 aromatic rings. The van der Waals surface area contributed by atoms with E-state index in [1.54, 1.807) is 0 Å². The normalized spacial score (nSPS) is 15.2. The molecule has 1 heteroatoms. The lowest BCUT2D eigenvalue weighted by Gasteiger charge is -2.23. The van der Waals surface area contributed by atoms with Crippen LogP contribution < -0.4 is 0 Å². The first-order chi connectivity index (χ1) is 9.59. The zero-order valence-corrected chi connectivity index (χ0v) is 12.5. The third-order valence-corrected chi connectivity index (χ3v) is 4.80. The van der Waals surface area contributed by atoms with E-state index in [0.29, 0.717) is 0 Å². The van der Waals surface area contributed by atoms with Crippen LogP contribution in [0.2, 0.25) is 0 Å². The molecule has 0 spiro atoms. The van der Waals surface area contributed by atoms with Crippen molar-refractivity contribution in [2.24, 2.45) is 0 Å². The predicted molar refractivity (Wildman–Crippen MR) is 88.8 cm³/mol. The van der Waals surface area contributed by atoms with Crippen molar-refractivity contribution in [2.75, 3.05) is 0 Å². The van der Waals surface area contributed by atoms with Crippen molar-refractivity contribution in [1.29, 1.82) is 0 Å². The minimum Gasteiger partial charge on any atom is -0.143 e. The molecule has 0 saturated heterocycles. The molecule has 98 valence electrons. The van der Waals surface area contributed by atoms with Gasteiger partial charge < -0.3 is 0 Å².